The molecule has 1 aromatic rings. The maximum absolute atomic E-state index is 3.92. The third-order valence-corrected chi connectivity index (χ3v) is 4.55. The highest BCUT2D eigenvalue weighted by Crippen LogP contribution is 2.31. The van der Waals surface area contributed by atoms with Crippen LogP contribution >= 0.6 is 0 Å². The summed E-state index contributed by atoms with van der Waals surface area (Å²) in [5, 5.41) is 3.92. The van der Waals surface area contributed by atoms with E-state index in [4.69, 9.17) is 0 Å². The molecule has 0 amide bonds. The molecule has 1 fully saturated rings. The van der Waals surface area contributed by atoms with E-state index < -0.39 is 0 Å². The van der Waals surface area contributed by atoms with Gasteiger partial charge in [-0.1, -0.05) is 57.5 Å². The van der Waals surface area contributed by atoms with Crippen molar-refractivity contribution in [2.75, 3.05) is 0 Å². The van der Waals surface area contributed by atoms with Crippen molar-refractivity contribution in [3.05, 3.63) is 35.9 Å². The fourth-order valence-corrected chi connectivity index (χ4v) is 3.38. The SMILES string of the molecule is CCC(NC1C(C)CCCC1C)c1ccccc1. The summed E-state index contributed by atoms with van der Waals surface area (Å²) < 4.78 is 0. The van der Waals surface area contributed by atoms with Gasteiger partial charge in [0.25, 0.3) is 0 Å². The summed E-state index contributed by atoms with van der Waals surface area (Å²) in [5.41, 5.74) is 1.44. The molecule has 3 atom stereocenters. The highest BCUT2D eigenvalue weighted by atomic mass is 15.0. The average molecular weight is 245 g/mol. The first-order valence-corrected chi connectivity index (χ1v) is 7.53. The van der Waals surface area contributed by atoms with Gasteiger partial charge in [0, 0.05) is 12.1 Å². The van der Waals surface area contributed by atoms with E-state index >= 15 is 0 Å². The molecular formula is C17H27N. The first kappa shape index (κ1) is 13.6. The number of benzene rings is 1. The summed E-state index contributed by atoms with van der Waals surface area (Å²) in [7, 11) is 0. The normalized spacial score (nSPS) is 30.1. The average Bonchev–Trinajstić information content (AvgIpc) is 2.40. The Bertz CT molecular complexity index is 336. The van der Waals surface area contributed by atoms with Crippen molar-refractivity contribution in [3.8, 4) is 0 Å². The summed E-state index contributed by atoms with van der Waals surface area (Å²) in [6.45, 7) is 7.10. The summed E-state index contributed by atoms with van der Waals surface area (Å²) in [5.74, 6) is 1.62. The van der Waals surface area contributed by atoms with Gasteiger partial charge in [-0.05, 0) is 36.7 Å². The molecule has 1 nitrogen and oxygen atoms in total. The van der Waals surface area contributed by atoms with Crippen molar-refractivity contribution in [1.29, 1.82) is 0 Å². The number of hydrogen-bond acceptors (Lipinski definition) is 1. The van der Waals surface area contributed by atoms with Crippen LogP contribution in [0.25, 0.3) is 0 Å². The molecule has 100 valence electrons. The van der Waals surface area contributed by atoms with Crippen molar-refractivity contribution in [1.82, 2.24) is 5.32 Å². The third-order valence-electron chi connectivity index (χ3n) is 4.55. The second kappa shape index (κ2) is 6.38. The predicted molar refractivity (Wildman–Crippen MR) is 78.6 cm³/mol. The molecule has 1 aliphatic rings. The van der Waals surface area contributed by atoms with E-state index in [1.54, 1.807) is 0 Å². The molecule has 0 saturated heterocycles. The topological polar surface area (TPSA) is 12.0 Å². The molecule has 1 N–H and O–H groups in total. The van der Waals surface area contributed by atoms with Crippen molar-refractivity contribution in [2.24, 2.45) is 11.8 Å². The summed E-state index contributed by atoms with van der Waals surface area (Å²) in [6.07, 6.45) is 5.34. The molecular weight excluding hydrogens is 218 g/mol. The van der Waals surface area contributed by atoms with Crippen molar-refractivity contribution < 1.29 is 0 Å². The Morgan fingerprint density at radius 1 is 1.11 bits per heavy atom. The van der Waals surface area contributed by atoms with Crippen LogP contribution in [0.2, 0.25) is 0 Å². The minimum atomic E-state index is 0.513. The molecule has 0 aromatic heterocycles. The van der Waals surface area contributed by atoms with E-state index in [0.29, 0.717) is 12.1 Å². The van der Waals surface area contributed by atoms with Crippen molar-refractivity contribution in [3.63, 3.8) is 0 Å². The van der Waals surface area contributed by atoms with Crippen LogP contribution in [-0.4, -0.2) is 6.04 Å². The van der Waals surface area contributed by atoms with E-state index in [1.165, 1.54) is 31.2 Å². The quantitative estimate of drug-likeness (QED) is 0.820. The van der Waals surface area contributed by atoms with Crippen LogP contribution < -0.4 is 5.32 Å². The number of hydrogen-bond donors (Lipinski definition) is 1. The van der Waals surface area contributed by atoms with Gasteiger partial charge in [0.1, 0.15) is 0 Å². The standard InChI is InChI=1S/C17H27N/c1-4-16(15-11-6-5-7-12-15)18-17-13(2)9-8-10-14(17)3/h5-7,11-14,16-18H,4,8-10H2,1-3H3. The Morgan fingerprint density at radius 2 is 1.72 bits per heavy atom. The molecule has 0 radical (unpaired) electrons. The maximum Gasteiger partial charge on any atom is 0.0320 e. The lowest BCUT2D eigenvalue weighted by Crippen LogP contribution is -2.44. The second-order valence-corrected chi connectivity index (χ2v) is 5.95. The number of nitrogens with one attached hydrogen (secondary N) is 1. The third kappa shape index (κ3) is 3.14. The first-order chi connectivity index (χ1) is 8.72. The predicted octanol–water partition coefficient (Wildman–Crippen LogP) is 4.55. The fourth-order valence-electron chi connectivity index (χ4n) is 3.38. The molecule has 1 aliphatic carbocycles. The molecule has 3 unspecified atom stereocenters. The zero-order valence-electron chi connectivity index (χ0n) is 12.0. The van der Waals surface area contributed by atoms with Gasteiger partial charge in [0.2, 0.25) is 0 Å². The van der Waals surface area contributed by atoms with Crippen LogP contribution in [0.15, 0.2) is 30.3 Å². The van der Waals surface area contributed by atoms with Crippen molar-refractivity contribution in [2.45, 2.75) is 58.5 Å². The molecule has 0 heterocycles. The van der Waals surface area contributed by atoms with E-state index in [9.17, 15) is 0 Å². The van der Waals surface area contributed by atoms with E-state index in [0.717, 1.165) is 11.8 Å². The van der Waals surface area contributed by atoms with Crippen LogP contribution in [0.4, 0.5) is 0 Å². The Kier molecular flexibility index (Phi) is 4.82. The zero-order valence-corrected chi connectivity index (χ0v) is 12.0. The molecule has 18 heavy (non-hydrogen) atoms. The summed E-state index contributed by atoms with van der Waals surface area (Å²) >= 11 is 0. The lowest BCUT2D eigenvalue weighted by Gasteiger charge is -2.38. The van der Waals surface area contributed by atoms with Gasteiger partial charge in [-0.2, -0.15) is 0 Å². The van der Waals surface area contributed by atoms with Crippen LogP contribution in [0.3, 0.4) is 0 Å². The zero-order chi connectivity index (χ0) is 13.0. The lowest BCUT2D eigenvalue weighted by molar-refractivity contribution is 0.191. The highest BCUT2D eigenvalue weighted by molar-refractivity contribution is 5.19. The number of rotatable bonds is 4. The van der Waals surface area contributed by atoms with Crippen LogP contribution in [0.5, 0.6) is 0 Å². The molecule has 0 bridgehead atoms. The summed E-state index contributed by atoms with van der Waals surface area (Å²) in [6, 6.07) is 12.1. The van der Waals surface area contributed by atoms with Crippen molar-refractivity contribution >= 4 is 0 Å². The van der Waals surface area contributed by atoms with Gasteiger partial charge in [-0.25, -0.2) is 0 Å². The molecule has 0 aliphatic heterocycles. The van der Waals surface area contributed by atoms with Crippen LogP contribution in [0, 0.1) is 11.8 Å². The van der Waals surface area contributed by atoms with Gasteiger partial charge in [-0.3, -0.25) is 0 Å². The minimum Gasteiger partial charge on any atom is -0.307 e. The highest BCUT2D eigenvalue weighted by Gasteiger charge is 2.29. The Balaban J connectivity index is 2.05. The van der Waals surface area contributed by atoms with Gasteiger partial charge < -0.3 is 5.32 Å². The maximum atomic E-state index is 3.92. The smallest absolute Gasteiger partial charge is 0.0320 e. The second-order valence-electron chi connectivity index (χ2n) is 5.95. The van der Waals surface area contributed by atoms with E-state index in [1.807, 2.05) is 0 Å². The van der Waals surface area contributed by atoms with Gasteiger partial charge in [0.05, 0.1) is 0 Å². The molecule has 0 spiro atoms. The molecule has 2 rings (SSSR count). The molecule has 1 saturated carbocycles. The fraction of sp³-hybridized carbons (Fsp3) is 0.647. The minimum absolute atomic E-state index is 0.513. The Morgan fingerprint density at radius 3 is 2.28 bits per heavy atom. The van der Waals surface area contributed by atoms with Crippen LogP contribution in [0.1, 0.15) is 58.1 Å². The molecule has 1 aromatic carbocycles. The van der Waals surface area contributed by atoms with E-state index in [-0.39, 0.29) is 0 Å². The van der Waals surface area contributed by atoms with Gasteiger partial charge in [-0.15, -0.1) is 0 Å². The van der Waals surface area contributed by atoms with Gasteiger partial charge >= 0.3 is 0 Å². The summed E-state index contributed by atoms with van der Waals surface area (Å²) in [4.78, 5) is 0. The van der Waals surface area contributed by atoms with Crippen LogP contribution in [-0.2, 0) is 0 Å². The Labute approximate surface area is 112 Å². The monoisotopic (exact) mass is 245 g/mol. The molecule has 1 heteroatoms. The Hall–Kier alpha value is -0.820. The lowest BCUT2D eigenvalue weighted by atomic mass is 9.78. The van der Waals surface area contributed by atoms with Gasteiger partial charge in [0.15, 0.2) is 0 Å². The first-order valence-electron chi connectivity index (χ1n) is 7.53. The largest absolute Gasteiger partial charge is 0.307 e. The van der Waals surface area contributed by atoms with E-state index in [2.05, 4.69) is 56.4 Å².